The molecule has 0 fully saturated rings. The highest BCUT2D eigenvalue weighted by atomic mass is 16.5. The predicted octanol–water partition coefficient (Wildman–Crippen LogP) is 4.82. The zero-order valence-corrected chi connectivity index (χ0v) is 15.9. The number of rotatable bonds is 3. The van der Waals surface area contributed by atoms with Crippen molar-refractivity contribution in [2.45, 2.75) is 38.8 Å². The molecule has 0 spiro atoms. The molecule has 3 rings (SSSR count). The van der Waals surface area contributed by atoms with Gasteiger partial charge in [0.2, 0.25) is 0 Å². The number of esters is 1. The topological polar surface area (TPSA) is 49.8 Å². The normalized spacial score (nSPS) is 18.1. The van der Waals surface area contributed by atoms with Crippen molar-refractivity contribution in [2.24, 2.45) is 0 Å². The molecule has 1 aliphatic heterocycles. The van der Waals surface area contributed by atoms with E-state index in [4.69, 9.17) is 4.74 Å². The van der Waals surface area contributed by atoms with Crippen molar-refractivity contribution < 1.29 is 14.7 Å². The maximum absolute atomic E-state index is 11.5. The smallest absolute Gasteiger partial charge is 0.337 e. The van der Waals surface area contributed by atoms with Crippen molar-refractivity contribution in [1.29, 1.82) is 0 Å². The summed E-state index contributed by atoms with van der Waals surface area (Å²) in [4.78, 5) is 11.5. The molecule has 4 nitrogen and oxygen atoms in total. The summed E-state index contributed by atoms with van der Waals surface area (Å²) in [6, 6.07) is 13.6. The van der Waals surface area contributed by atoms with E-state index < -0.39 is 11.1 Å². The highest BCUT2D eigenvalue weighted by Crippen LogP contribution is 2.48. The van der Waals surface area contributed by atoms with Crippen LogP contribution < -0.4 is 0 Å². The zero-order chi connectivity index (χ0) is 19.1. The van der Waals surface area contributed by atoms with Crippen LogP contribution in [0.5, 0.6) is 0 Å². The highest BCUT2D eigenvalue weighted by Gasteiger charge is 2.48. The summed E-state index contributed by atoms with van der Waals surface area (Å²) in [7, 11) is 1.38. The van der Waals surface area contributed by atoms with Crippen LogP contribution in [0.1, 0.15) is 60.3 Å². The van der Waals surface area contributed by atoms with Gasteiger partial charge in [-0.1, -0.05) is 36.4 Å². The van der Waals surface area contributed by atoms with E-state index in [2.05, 4.69) is 18.2 Å². The van der Waals surface area contributed by atoms with E-state index in [0.717, 1.165) is 22.3 Å². The first kappa shape index (κ1) is 18.4. The molecular weight excluding hydrogens is 326 g/mol. The highest BCUT2D eigenvalue weighted by molar-refractivity contribution is 5.89. The van der Waals surface area contributed by atoms with Gasteiger partial charge in [0, 0.05) is 0 Å². The van der Waals surface area contributed by atoms with Gasteiger partial charge in [-0.15, -0.1) is 0 Å². The molecule has 0 amide bonds. The van der Waals surface area contributed by atoms with Crippen molar-refractivity contribution in [3.05, 3.63) is 70.3 Å². The van der Waals surface area contributed by atoms with Crippen LogP contribution >= 0.6 is 0 Å². The van der Waals surface area contributed by atoms with Gasteiger partial charge in [0.05, 0.1) is 23.8 Å². The maximum atomic E-state index is 11.5. The molecular formula is C22H25NO3. The third kappa shape index (κ3) is 2.96. The number of benzene rings is 2. The lowest BCUT2D eigenvalue weighted by molar-refractivity contribution is -0.216. The van der Waals surface area contributed by atoms with Crippen molar-refractivity contribution in [3.8, 4) is 0 Å². The molecule has 2 aromatic carbocycles. The Hall–Kier alpha value is -2.43. The molecule has 0 bridgehead atoms. The predicted molar refractivity (Wildman–Crippen MR) is 103 cm³/mol. The molecule has 0 saturated carbocycles. The van der Waals surface area contributed by atoms with Gasteiger partial charge in [0.25, 0.3) is 0 Å². The number of methoxy groups -OCH3 is 1. The van der Waals surface area contributed by atoms with Gasteiger partial charge in [0.15, 0.2) is 0 Å². The lowest BCUT2D eigenvalue weighted by Gasteiger charge is -2.34. The van der Waals surface area contributed by atoms with E-state index in [1.165, 1.54) is 12.2 Å². The largest absolute Gasteiger partial charge is 0.465 e. The van der Waals surface area contributed by atoms with Crippen molar-refractivity contribution in [2.75, 3.05) is 7.11 Å². The molecule has 1 aliphatic rings. The maximum Gasteiger partial charge on any atom is 0.337 e. The van der Waals surface area contributed by atoms with Crippen LogP contribution in [-0.2, 0) is 15.8 Å². The van der Waals surface area contributed by atoms with Gasteiger partial charge < -0.3 is 9.94 Å². The Morgan fingerprint density at radius 2 is 1.46 bits per heavy atom. The molecule has 0 unspecified atom stereocenters. The second-order valence-electron chi connectivity index (χ2n) is 7.68. The number of carbonyl (C=O) groups is 1. The summed E-state index contributed by atoms with van der Waals surface area (Å²) in [6.07, 6.45) is 4.04. The van der Waals surface area contributed by atoms with E-state index in [-0.39, 0.29) is 5.97 Å². The van der Waals surface area contributed by atoms with Gasteiger partial charge in [-0.05, 0) is 68.1 Å². The molecule has 1 heterocycles. The molecule has 0 saturated heterocycles. The van der Waals surface area contributed by atoms with Gasteiger partial charge in [-0.3, -0.25) is 0 Å². The quantitative estimate of drug-likeness (QED) is 0.636. The Morgan fingerprint density at radius 3 is 2.08 bits per heavy atom. The van der Waals surface area contributed by atoms with Crippen molar-refractivity contribution in [3.63, 3.8) is 0 Å². The van der Waals surface area contributed by atoms with Crippen molar-refractivity contribution >= 4 is 18.1 Å². The first-order valence-corrected chi connectivity index (χ1v) is 8.68. The minimum atomic E-state index is -0.440. The van der Waals surface area contributed by atoms with Crippen LogP contribution in [0, 0.1) is 0 Å². The monoisotopic (exact) mass is 351 g/mol. The molecule has 0 aromatic heterocycles. The van der Waals surface area contributed by atoms with Gasteiger partial charge in [-0.2, -0.15) is 5.06 Å². The van der Waals surface area contributed by atoms with Crippen LogP contribution in [0.15, 0.2) is 42.5 Å². The van der Waals surface area contributed by atoms with Gasteiger partial charge in [0.1, 0.15) is 0 Å². The fourth-order valence-electron chi connectivity index (χ4n) is 3.67. The SMILES string of the molecule is COC(=O)c1ccc(/C=C/c2ccc3c(c2)C(C)(C)N(O)C3(C)C)cc1. The van der Waals surface area contributed by atoms with E-state index in [1.54, 1.807) is 12.1 Å². The second-order valence-corrected chi connectivity index (χ2v) is 7.68. The fraction of sp³-hybridized carbons (Fsp3) is 0.318. The lowest BCUT2D eigenvalue weighted by Crippen LogP contribution is -2.42. The Morgan fingerprint density at radius 1 is 0.923 bits per heavy atom. The summed E-state index contributed by atoms with van der Waals surface area (Å²) in [5, 5.41) is 12.0. The second kappa shape index (κ2) is 6.38. The van der Waals surface area contributed by atoms with Crippen LogP contribution in [0.25, 0.3) is 12.2 Å². The number of carbonyl (C=O) groups excluding carboxylic acids is 1. The van der Waals surface area contributed by atoms with Crippen LogP contribution in [-0.4, -0.2) is 23.3 Å². The average Bonchev–Trinajstić information content (AvgIpc) is 2.77. The van der Waals surface area contributed by atoms with E-state index >= 15 is 0 Å². The molecule has 0 radical (unpaired) electrons. The lowest BCUT2D eigenvalue weighted by atomic mass is 9.89. The molecule has 4 heteroatoms. The third-order valence-corrected chi connectivity index (χ3v) is 5.22. The van der Waals surface area contributed by atoms with Crippen LogP contribution in [0.2, 0.25) is 0 Å². The number of hydroxylamine groups is 2. The molecule has 0 aliphatic carbocycles. The Labute approximate surface area is 154 Å². The minimum absolute atomic E-state index is 0.336. The average molecular weight is 351 g/mol. The number of nitrogens with zero attached hydrogens (tertiary/aromatic N) is 1. The molecule has 136 valence electrons. The van der Waals surface area contributed by atoms with E-state index in [0.29, 0.717) is 5.56 Å². The Balaban J connectivity index is 1.88. The Kier molecular flexibility index (Phi) is 4.51. The number of fused-ring (bicyclic) bond motifs is 1. The molecule has 0 atom stereocenters. The summed E-state index contributed by atoms with van der Waals surface area (Å²) >= 11 is 0. The minimum Gasteiger partial charge on any atom is -0.465 e. The first-order chi connectivity index (χ1) is 12.2. The van der Waals surface area contributed by atoms with E-state index in [1.807, 2.05) is 52.0 Å². The van der Waals surface area contributed by atoms with Crippen LogP contribution in [0.3, 0.4) is 0 Å². The molecule has 1 N–H and O–H groups in total. The van der Waals surface area contributed by atoms with Gasteiger partial charge in [-0.25, -0.2) is 4.79 Å². The fourth-order valence-corrected chi connectivity index (χ4v) is 3.67. The van der Waals surface area contributed by atoms with Crippen molar-refractivity contribution in [1.82, 2.24) is 5.06 Å². The molecule has 26 heavy (non-hydrogen) atoms. The van der Waals surface area contributed by atoms with Crippen LogP contribution in [0.4, 0.5) is 0 Å². The standard InChI is InChI=1S/C22H25NO3/c1-21(2)18-13-10-16(14-19(18)22(3,4)23(21)25)7-6-15-8-11-17(12-9-15)20(24)26-5/h6-14,25H,1-5H3/b7-6+. The summed E-state index contributed by atoms with van der Waals surface area (Å²) in [6.45, 7) is 8.11. The summed E-state index contributed by atoms with van der Waals surface area (Å²) < 4.78 is 4.71. The number of hydrogen-bond donors (Lipinski definition) is 1. The summed E-state index contributed by atoms with van der Waals surface area (Å²) in [5.74, 6) is -0.336. The zero-order valence-electron chi connectivity index (χ0n) is 15.9. The summed E-state index contributed by atoms with van der Waals surface area (Å²) in [5.41, 5.74) is 4.03. The number of hydrogen-bond acceptors (Lipinski definition) is 4. The van der Waals surface area contributed by atoms with E-state index in [9.17, 15) is 10.0 Å². The van der Waals surface area contributed by atoms with Gasteiger partial charge >= 0.3 is 5.97 Å². The third-order valence-electron chi connectivity index (χ3n) is 5.22. The number of ether oxygens (including phenoxy) is 1. The first-order valence-electron chi connectivity index (χ1n) is 8.68. The molecule has 2 aromatic rings. The Bertz CT molecular complexity index is 863.